The van der Waals surface area contributed by atoms with E-state index >= 15 is 0 Å². The van der Waals surface area contributed by atoms with Gasteiger partial charge in [-0.3, -0.25) is 9.59 Å². The second-order valence-electron chi connectivity index (χ2n) is 8.26. The number of ether oxygens (including phenoxy) is 2. The molecule has 0 spiro atoms. The number of nitrogens with one attached hydrogen (secondary N) is 1. The average Bonchev–Trinajstić information content (AvgIpc) is 3.24. The fourth-order valence-corrected chi connectivity index (χ4v) is 6.44. The van der Waals surface area contributed by atoms with Gasteiger partial charge in [0.15, 0.2) is 11.5 Å². The normalized spacial score (nSPS) is 13.1. The zero-order chi connectivity index (χ0) is 27.1. The van der Waals surface area contributed by atoms with Crippen molar-refractivity contribution >= 4 is 91.3 Å². The number of anilines is 1. The van der Waals surface area contributed by atoms with E-state index in [0.717, 1.165) is 11.1 Å². The van der Waals surface area contributed by atoms with Crippen LogP contribution in [0.5, 0.6) is 11.5 Å². The zero-order valence-corrected chi connectivity index (χ0v) is 27.3. The van der Waals surface area contributed by atoms with Crippen molar-refractivity contribution in [2.24, 2.45) is 0 Å². The van der Waals surface area contributed by atoms with Crippen molar-refractivity contribution in [1.29, 1.82) is 0 Å². The molecule has 12 heteroatoms. The third-order valence-corrected chi connectivity index (χ3v) is 8.68. The molecule has 1 N–H and O–H groups in total. The molecule has 1 atom stereocenters. The fourth-order valence-electron chi connectivity index (χ4n) is 4.04. The number of urea groups is 1. The average molecular weight is 846 g/mol. The summed E-state index contributed by atoms with van der Waals surface area (Å²) in [5.74, 6) is 0.823. The first-order valence-electron chi connectivity index (χ1n) is 11.5. The molecule has 2 aromatic rings. The van der Waals surface area contributed by atoms with Crippen molar-refractivity contribution in [2.45, 2.75) is 25.9 Å². The number of alkyl halides is 3. The van der Waals surface area contributed by atoms with E-state index < -0.39 is 6.04 Å². The Kier molecular flexibility index (Phi) is 11.4. The van der Waals surface area contributed by atoms with Gasteiger partial charge >= 0.3 is 6.03 Å². The first-order chi connectivity index (χ1) is 17.8. The van der Waals surface area contributed by atoms with E-state index in [1.165, 1.54) is 0 Å². The molecular weight excluding hydrogens is 817 g/mol. The van der Waals surface area contributed by atoms with Crippen LogP contribution in [0.3, 0.4) is 0 Å². The summed E-state index contributed by atoms with van der Waals surface area (Å²) < 4.78 is 12.8. The number of carbonyl (C=O) groups is 3. The number of methoxy groups -OCH3 is 1. The SMILES string of the molecule is CCOc1cc(C(CC(=O)N(C)CI)N2Cc3cccc(NC(=O)N(CI)CI)c3C2=O)ccc1OC. The topological polar surface area (TPSA) is 91.4 Å². The number of halogens is 3. The molecule has 9 nitrogen and oxygen atoms in total. The highest BCUT2D eigenvalue weighted by Crippen LogP contribution is 2.39. The highest BCUT2D eigenvalue weighted by Gasteiger charge is 2.37. The molecule has 0 bridgehead atoms. The summed E-state index contributed by atoms with van der Waals surface area (Å²) in [5.41, 5.74) is 2.49. The maximum atomic E-state index is 13.9. The van der Waals surface area contributed by atoms with Gasteiger partial charge in [-0.05, 0) is 36.2 Å². The molecule has 2 aromatic carbocycles. The summed E-state index contributed by atoms with van der Waals surface area (Å²) in [4.78, 5) is 44.6. The monoisotopic (exact) mass is 846 g/mol. The number of amides is 4. The van der Waals surface area contributed by atoms with Crippen molar-refractivity contribution in [3.8, 4) is 11.5 Å². The summed E-state index contributed by atoms with van der Waals surface area (Å²) in [7, 11) is 3.31. The molecular formula is C25H29I3N4O5. The Labute approximate surface area is 258 Å². The molecule has 4 amide bonds. The molecule has 1 aliphatic heterocycles. The molecule has 0 aliphatic carbocycles. The predicted molar refractivity (Wildman–Crippen MR) is 168 cm³/mol. The largest absolute Gasteiger partial charge is 0.493 e. The van der Waals surface area contributed by atoms with Gasteiger partial charge in [0.05, 0.1) is 51.1 Å². The highest BCUT2D eigenvalue weighted by atomic mass is 127. The summed E-state index contributed by atoms with van der Waals surface area (Å²) in [6.07, 6.45) is 0.107. The fraction of sp³-hybridized carbons (Fsp3) is 0.400. The van der Waals surface area contributed by atoms with E-state index in [9.17, 15) is 14.4 Å². The molecule has 3 rings (SSSR count). The lowest BCUT2D eigenvalue weighted by Gasteiger charge is -2.30. The smallest absolute Gasteiger partial charge is 0.323 e. The van der Waals surface area contributed by atoms with Gasteiger partial charge in [0.25, 0.3) is 5.91 Å². The van der Waals surface area contributed by atoms with Crippen LogP contribution < -0.4 is 14.8 Å². The van der Waals surface area contributed by atoms with Crippen LogP contribution in [0.15, 0.2) is 36.4 Å². The highest BCUT2D eigenvalue weighted by molar-refractivity contribution is 14.1. The van der Waals surface area contributed by atoms with E-state index in [1.54, 1.807) is 41.0 Å². The van der Waals surface area contributed by atoms with Crippen molar-refractivity contribution in [2.75, 3.05) is 39.7 Å². The van der Waals surface area contributed by atoms with Crippen LogP contribution in [0.25, 0.3) is 0 Å². The molecule has 1 aliphatic rings. The second kappa shape index (κ2) is 14.0. The second-order valence-corrected chi connectivity index (χ2v) is 10.3. The Morgan fingerprint density at radius 1 is 1.11 bits per heavy atom. The molecule has 0 saturated heterocycles. The number of hydrogen-bond donors (Lipinski definition) is 1. The minimum Gasteiger partial charge on any atom is -0.493 e. The van der Waals surface area contributed by atoms with Crippen LogP contribution in [-0.2, 0) is 11.3 Å². The predicted octanol–water partition coefficient (Wildman–Crippen LogP) is 5.65. The van der Waals surface area contributed by atoms with Gasteiger partial charge in [0.2, 0.25) is 5.91 Å². The van der Waals surface area contributed by atoms with Crippen LogP contribution in [-0.4, -0.2) is 67.0 Å². The van der Waals surface area contributed by atoms with Gasteiger partial charge in [-0.2, -0.15) is 0 Å². The van der Waals surface area contributed by atoms with Crippen molar-refractivity contribution < 1.29 is 23.9 Å². The van der Waals surface area contributed by atoms with Gasteiger partial charge in [0, 0.05) is 13.6 Å². The zero-order valence-electron chi connectivity index (χ0n) is 20.8. The summed E-state index contributed by atoms with van der Waals surface area (Å²) >= 11 is 6.40. The van der Waals surface area contributed by atoms with Gasteiger partial charge < -0.3 is 29.5 Å². The molecule has 200 valence electrons. The number of nitrogens with zero attached hydrogens (tertiary/aromatic N) is 3. The summed E-state index contributed by atoms with van der Waals surface area (Å²) in [6, 6.07) is 10.1. The molecule has 0 saturated carbocycles. The minimum atomic E-state index is -0.536. The van der Waals surface area contributed by atoms with E-state index in [-0.39, 0.29) is 24.3 Å². The lowest BCUT2D eigenvalue weighted by Crippen LogP contribution is -2.35. The Morgan fingerprint density at radius 3 is 2.46 bits per heavy atom. The van der Waals surface area contributed by atoms with Gasteiger partial charge in [0.1, 0.15) is 0 Å². The van der Waals surface area contributed by atoms with E-state index in [4.69, 9.17) is 9.47 Å². The van der Waals surface area contributed by atoms with Crippen molar-refractivity contribution in [3.63, 3.8) is 0 Å². The van der Waals surface area contributed by atoms with Crippen LogP contribution in [0.1, 0.15) is 40.9 Å². The maximum Gasteiger partial charge on any atom is 0.323 e. The van der Waals surface area contributed by atoms with Crippen molar-refractivity contribution in [3.05, 3.63) is 53.1 Å². The maximum absolute atomic E-state index is 13.9. The number of rotatable bonds is 11. The van der Waals surface area contributed by atoms with Gasteiger partial charge in [-0.25, -0.2) is 4.79 Å². The lowest BCUT2D eigenvalue weighted by atomic mass is 10.0. The van der Waals surface area contributed by atoms with Crippen molar-refractivity contribution in [1.82, 2.24) is 14.7 Å². The van der Waals surface area contributed by atoms with E-state index in [1.807, 2.05) is 31.2 Å². The standard InChI is InChI=1S/C25H29I3N4O5/c1-4-37-21-10-16(8-9-20(21)36-3)19(11-22(33)30(2)13-26)32-12-17-6-5-7-18(23(17)24(32)34)29-25(35)31(14-27)15-28/h5-10,19H,4,11-15H2,1-3H3,(H,29,35). The number of fused-ring (bicyclic) bond motifs is 1. The molecule has 1 heterocycles. The number of benzene rings is 2. The van der Waals surface area contributed by atoms with Gasteiger partial charge in [-0.1, -0.05) is 86.0 Å². The van der Waals surface area contributed by atoms with E-state index in [2.05, 4.69) is 73.1 Å². The minimum absolute atomic E-state index is 0.0785. The quantitative estimate of drug-likeness (QED) is 0.180. The Hall–Kier alpha value is -1.56. The first kappa shape index (κ1) is 30.0. The third-order valence-electron chi connectivity index (χ3n) is 6.01. The molecule has 37 heavy (non-hydrogen) atoms. The van der Waals surface area contributed by atoms with E-state index in [0.29, 0.717) is 49.6 Å². The van der Waals surface area contributed by atoms with Crippen LogP contribution in [0, 0.1) is 0 Å². The summed E-state index contributed by atoms with van der Waals surface area (Å²) in [5, 5.41) is 2.90. The number of carbonyl (C=O) groups excluding carboxylic acids is 3. The molecule has 0 radical (unpaired) electrons. The van der Waals surface area contributed by atoms with Crippen LogP contribution in [0.2, 0.25) is 0 Å². The molecule has 0 aromatic heterocycles. The third kappa shape index (κ3) is 6.91. The van der Waals surface area contributed by atoms with Gasteiger partial charge in [-0.15, -0.1) is 0 Å². The number of hydrogen-bond acceptors (Lipinski definition) is 5. The Bertz CT molecular complexity index is 1150. The molecule has 1 unspecified atom stereocenters. The first-order valence-corrected chi connectivity index (χ1v) is 16.1. The molecule has 0 fully saturated rings. The summed E-state index contributed by atoms with van der Waals surface area (Å²) in [6.45, 7) is 2.65. The van der Waals surface area contributed by atoms with Crippen LogP contribution in [0.4, 0.5) is 10.5 Å². The van der Waals surface area contributed by atoms with Crippen LogP contribution >= 0.6 is 67.8 Å². The Morgan fingerprint density at radius 2 is 1.84 bits per heavy atom. The Balaban J connectivity index is 2.01. The lowest BCUT2D eigenvalue weighted by molar-refractivity contribution is -0.130.